The van der Waals surface area contributed by atoms with E-state index in [2.05, 4.69) is 5.32 Å². The molecule has 1 N–H and O–H groups in total. The third-order valence-corrected chi connectivity index (χ3v) is 4.34. The van der Waals surface area contributed by atoms with Crippen LogP contribution in [0.5, 0.6) is 5.75 Å². The largest absolute Gasteiger partial charge is 0.489 e. The van der Waals surface area contributed by atoms with Crippen molar-refractivity contribution in [3.63, 3.8) is 0 Å². The number of anilines is 1. The number of hydrogen-bond donors (Lipinski definition) is 1. The highest BCUT2D eigenvalue weighted by atomic mass is 16.5. The molecule has 0 aromatic heterocycles. The van der Waals surface area contributed by atoms with Crippen molar-refractivity contribution in [1.29, 1.82) is 0 Å². The zero-order valence-corrected chi connectivity index (χ0v) is 16.5. The first-order valence-corrected chi connectivity index (χ1v) is 9.32. The first kappa shape index (κ1) is 20.1. The molecule has 148 valence electrons. The molecule has 0 aliphatic carbocycles. The average Bonchev–Trinajstić information content (AvgIpc) is 2.74. The third kappa shape index (κ3) is 5.94. The van der Waals surface area contributed by atoms with E-state index in [1.54, 1.807) is 24.3 Å². The van der Waals surface area contributed by atoms with Crippen LogP contribution in [0.25, 0.3) is 0 Å². The van der Waals surface area contributed by atoms with E-state index in [9.17, 15) is 9.59 Å². The smallest absolute Gasteiger partial charge is 0.338 e. The lowest BCUT2D eigenvalue weighted by molar-refractivity contribution is -0.119. The zero-order chi connectivity index (χ0) is 20.6. The van der Waals surface area contributed by atoms with Crippen molar-refractivity contribution in [2.75, 3.05) is 11.9 Å². The summed E-state index contributed by atoms with van der Waals surface area (Å²) in [6.07, 6.45) is 0. The van der Waals surface area contributed by atoms with Gasteiger partial charge < -0.3 is 14.8 Å². The highest BCUT2D eigenvalue weighted by molar-refractivity contribution is 5.96. The predicted octanol–water partition coefficient (Wildman–Crippen LogP) is 4.68. The number of carbonyl (C=O) groups excluding carboxylic acids is 2. The summed E-state index contributed by atoms with van der Waals surface area (Å²) in [7, 11) is 0. The maximum atomic E-state index is 12.2. The minimum Gasteiger partial charge on any atom is -0.489 e. The van der Waals surface area contributed by atoms with E-state index >= 15 is 0 Å². The molecule has 0 fully saturated rings. The minimum absolute atomic E-state index is 0.342. The van der Waals surface area contributed by atoms with Crippen LogP contribution < -0.4 is 10.1 Å². The van der Waals surface area contributed by atoms with Crippen LogP contribution in [0.2, 0.25) is 0 Å². The average molecular weight is 389 g/mol. The number of ether oxygens (including phenoxy) is 2. The van der Waals surface area contributed by atoms with Gasteiger partial charge in [0.25, 0.3) is 5.91 Å². The van der Waals surface area contributed by atoms with Gasteiger partial charge in [0.2, 0.25) is 0 Å². The first-order valence-electron chi connectivity index (χ1n) is 9.32. The van der Waals surface area contributed by atoms with Crippen molar-refractivity contribution < 1.29 is 19.1 Å². The summed E-state index contributed by atoms with van der Waals surface area (Å²) in [6.45, 7) is 3.91. The Kier molecular flexibility index (Phi) is 6.63. The monoisotopic (exact) mass is 389 g/mol. The summed E-state index contributed by atoms with van der Waals surface area (Å²) in [6, 6.07) is 22.2. The summed E-state index contributed by atoms with van der Waals surface area (Å²) in [5, 5.41) is 2.77. The molecule has 3 rings (SSSR count). The van der Waals surface area contributed by atoms with Crippen LogP contribution in [0.15, 0.2) is 72.8 Å². The number of para-hydroxylation sites is 1. The Morgan fingerprint density at radius 3 is 2.34 bits per heavy atom. The van der Waals surface area contributed by atoms with E-state index in [-0.39, 0.29) is 12.5 Å². The van der Waals surface area contributed by atoms with Gasteiger partial charge in [-0.1, -0.05) is 42.5 Å². The molecule has 0 aliphatic rings. The molecule has 0 saturated carbocycles. The molecule has 0 spiro atoms. The van der Waals surface area contributed by atoms with Gasteiger partial charge in [-0.3, -0.25) is 4.79 Å². The van der Waals surface area contributed by atoms with Crippen LogP contribution >= 0.6 is 0 Å². The van der Waals surface area contributed by atoms with Gasteiger partial charge in [0.05, 0.1) is 5.56 Å². The molecule has 5 nitrogen and oxygen atoms in total. The molecule has 0 bridgehead atoms. The van der Waals surface area contributed by atoms with Gasteiger partial charge in [0.1, 0.15) is 12.4 Å². The van der Waals surface area contributed by atoms with Gasteiger partial charge in [-0.25, -0.2) is 4.79 Å². The Hall–Kier alpha value is -3.60. The zero-order valence-electron chi connectivity index (χ0n) is 16.5. The molecule has 0 heterocycles. The van der Waals surface area contributed by atoms with Gasteiger partial charge >= 0.3 is 5.97 Å². The van der Waals surface area contributed by atoms with Crippen LogP contribution in [0.3, 0.4) is 0 Å². The van der Waals surface area contributed by atoms with Gasteiger partial charge in [-0.2, -0.15) is 0 Å². The highest BCUT2D eigenvalue weighted by Gasteiger charge is 2.11. The van der Waals surface area contributed by atoms with Crippen LogP contribution in [0.4, 0.5) is 5.69 Å². The highest BCUT2D eigenvalue weighted by Crippen LogP contribution is 2.16. The number of nitrogens with one attached hydrogen (secondary N) is 1. The Morgan fingerprint density at radius 1 is 0.897 bits per heavy atom. The van der Waals surface area contributed by atoms with Crippen molar-refractivity contribution in [3.8, 4) is 5.75 Å². The number of rotatable bonds is 7. The quantitative estimate of drug-likeness (QED) is 0.596. The van der Waals surface area contributed by atoms with Crippen molar-refractivity contribution in [1.82, 2.24) is 0 Å². The lowest BCUT2D eigenvalue weighted by Gasteiger charge is -2.10. The number of hydrogen-bond acceptors (Lipinski definition) is 4. The molecule has 1 amide bonds. The molecule has 3 aromatic rings. The van der Waals surface area contributed by atoms with Crippen LogP contribution in [-0.2, 0) is 16.1 Å². The summed E-state index contributed by atoms with van der Waals surface area (Å²) < 4.78 is 10.8. The lowest BCUT2D eigenvalue weighted by atomic mass is 10.1. The summed E-state index contributed by atoms with van der Waals surface area (Å²) in [5.74, 6) is -0.137. The molecule has 3 aromatic carbocycles. The maximum absolute atomic E-state index is 12.2. The first-order chi connectivity index (χ1) is 14.0. The molecule has 0 radical (unpaired) electrons. The fourth-order valence-electron chi connectivity index (χ4n) is 2.69. The molecule has 29 heavy (non-hydrogen) atoms. The van der Waals surface area contributed by atoms with E-state index < -0.39 is 5.97 Å². The molecular formula is C24H23NO4. The number of aryl methyl sites for hydroxylation is 2. The van der Waals surface area contributed by atoms with E-state index in [4.69, 9.17) is 9.47 Å². The Bertz CT molecular complexity index is 982. The maximum Gasteiger partial charge on any atom is 0.338 e. The third-order valence-electron chi connectivity index (χ3n) is 4.34. The van der Waals surface area contributed by atoms with Crippen molar-refractivity contribution in [2.45, 2.75) is 20.5 Å². The van der Waals surface area contributed by atoms with E-state index in [1.807, 2.05) is 62.4 Å². The SMILES string of the molecule is Cc1ccc(C)c(NC(=O)COC(=O)c2ccc(COc3ccccc3)cc2)c1. The number of esters is 1. The van der Waals surface area contributed by atoms with Gasteiger partial charge in [0.15, 0.2) is 6.61 Å². The second-order valence-corrected chi connectivity index (χ2v) is 6.74. The molecule has 5 heteroatoms. The number of amides is 1. The second-order valence-electron chi connectivity index (χ2n) is 6.74. The fourth-order valence-corrected chi connectivity index (χ4v) is 2.69. The summed E-state index contributed by atoms with van der Waals surface area (Å²) in [4.78, 5) is 24.3. The number of benzene rings is 3. The van der Waals surface area contributed by atoms with Gasteiger partial charge in [-0.05, 0) is 60.9 Å². The molecule has 0 atom stereocenters. The van der Waals surface area contributed by atoms with Crippen LogP contribution in [0, 0.1) is 13.8 Å². The molecular weight excluding hydrogens is 366 g/mol. The van der Waals surface area contributed by atoms with Crippen LogP contribution in [0.1, 0.15) is 27.0 Å². The van der Waals surface area contributed by atoms with Crippen molar-refractivity contribution in [3.05, 3.63) is 95.1 Å². The predicted molar refractivity (Wildman–Crippen MR) is 112 cm³/mol. The lowest BCUT2D eigenvalue weighted by Crippen LogP contribution is -2.21. The Balaban J connectivity index is 1.48. The van der Waals surface area contributed by atoms with Crippen LogP contribution in [-0.4, -0.2) is 18.5 Å². The van der Waals surface area contributed by atoms with Crippen molar-refractivity contribution >= 4 is 17.6 Å². The molecule has 0 aliphatic heterocycles. The van der Waals surface area contributed by atoms with E-state index in [0.717, 1.165) is 22.4 Å². The second kappa shape index (κ2) is 9.55. The van der Waals surface area contributed by atoms with Crippen molar-refractivity contribution in [2.24, 2.45) is 0 Å². The fraction of sp³-hybridized carbons (Fsp3) is 0.167. The van der Waals surface area contributed by atoms with Gasteiger partial charge in [0, 0.05) is 5.69 Å². The van der Waals surface area contributed by atoms with E-state index in [1.165, 1.54) is 0 Å². The molecule has 0 saturated heterocycles. The van der Waals surface area contributed by atoms with Gasteiger partial charge in [-0.15, -0.1) is 0 Å². The summed E-state index contributed by atoms with van der Waals surface area (Å²) >= 11 is 0. The standard InChI is InChI=1S/C24H23NO4/c1-17-8-9-18(2)22(14-17)25-23(26)16-29-24(27)20-12-10-19(11-13-20)15-28-21-6-4-3-5-7-21/h3-14H,15-16H2,1-2H3,(H,25,26). The Labute approximate surface area is 170 Å². The molecule has 0 unspecified atom stereocenters. The topological polar surface area (TPSA) is 64.6 Å². The minimum atomic E-state index is -0.545. The normalized spacial score (nSPS) is 10.3. The summed E-state index contributed by atoms with van der Waals surface area (Å²) in [5.41, 5.74) is 4.02. The van der Waals surface area contributed by atoms with E-state index in [0.29, 0.717) is 17.9 Å². The Morgan fingerprint density at radius 2 is 1.62 bits per heavy atom. The number of carbonyl (C=O) groups is 2.